The van der Waals surface area contributed by atoms with Gasteiger partial charge in [-0.15, -0.1) is 0 Å². The maximum atomic E-state index is 13.0. The third-order valence-electron chi connectivity index (χ3n) is 10.1. The first kappa shape index (κ1) is 36.6. The van der Waals surface area contributed by atoms with E-state index in [1.54, 1.807) is 0 Å². The molecule has 10 heteroatoms. The van der Waals surface area contributed by atoms with Crippen LogP contribution in [0.3, 0.4) is 0 Å². The Kier molecular flexibility index (Phi) is 10.6. The average Bonchev–Trinajstić information content (AvgIpc) is 3.52. The number of aromatic amines is 1. The normalized spacial score (nSPS) is 18.5. The first-order valence-corrected chi connectivity index (χ1v) is 21.4. The summed E-state index contributed by atoms with van der Waals surface area (Å²) in [5.74, 6) is 0. The summed E-state index contributed by atoms with van der Waals surface area (Å²) in [6.45, 7) is 13.7. The van der Waals surface area contributed by atoms with Crippen molar-refractivity contribution in [2.45, 2.75) is 76.4 Å². The van der Waals surface area contributed by atoms with Crippen LogP contribution in [-0.4, -0.2) is 44.9 Å². The molecule has 0 spiro atoms. The molecule has 8 nitrogen and oxygen atoms in total. The van der Waals surface area contributed by atoms with Gasteiger partial charge in [0.25, 0.3) is 22.2 Å². The van der Waals surface area contributed by atoms with E-state index in [2.05, 4.69) is 149 Å². The predicted octanol–water partition coefficient (Wildman–Crippen LogP) is 4.85. The summed E-state index contributed by atoms with van der Waals surface area (Å²) in [6.07, 6.45) is 0.770. The first-order valence-electron chi connectivity index (χ1n) is 17.6. The molecule has 0 aliphatic carbocycles. The fraction of sp³-hybridized carbons (Fsp3) is 0.317. The molecule has 0 unspecified atom stereocenters. The van der Waals surface area contributed by atoms with Crippen molar-refractivity contribution < 1.29 is 13.7 Å². The second kappa shape index (κ2) is 14.8. The van der Waals surface area contributed by atoms with E-state index in [0.29, 0.717) is 6.42 Å². The zero-order chi connectivity index (χ0) is 36.3. The molecule has 6 rings (SSSR count). The predicted molar refractivity (Wildman–Crippen MR) is 209 cm³/mol. The molecule has 1 aromatic heterocycles. The fourth-order valence-corrected chi connectivity index (χ4v) is 16.4. The molecular formula is C41H49N3O5Si2. The van der Waals surface area contributed by atoms with Crippen molar-refractivity contribution in [3.05, 3.63) is 154 Å². The first-order chi connectivity index (χ1) is 24.4. The van der Waals surface area contributed by atoms with Crippen LogP contribution in [0.5, 0.6) is 0 Å². The molecule has 1 fully saturated rings. The Morgan fingerprint density at radius 3 is 1.53 bits per heavy atom. The summed E-state index contributed by atoms with van der Waals surface area (Å²) in [5.41, 5.74) is 2.57. The van der Waals surface area contributed by atoms with Crippen molar-refractivity contribution in [2.24, 2.45) is 0 Å². The zero-order valence-electron chi connectivity index (χ0n) is 30.3. The number of hydrogen-bond acceptors (Lipinski definition) is 6. The van der Waals surface area contributed by atoms with Gasteiger partial charge in [0.2, 0.25) is 0 Å². The molecule has 266 valence electrons. The minimum absolute atomic E-state index is 0.238. The third-order valence-corrected chi connectivity index (χ3v) is 19.9. The van der Waals surface area contributed by atoms with E-state index >= 15 is 0 Å². The minimum atomic E-state index is -2.98. The van der Waals surface area contributed by atoms with Crippen LogP contribution >= 0.6 is 0 Å². The molecule has 1 saturated heterocycles. The van der Waals surface area contributed by atoms with Crippen LogP contribution in [0, 0.1) is 0 Å². The van der Waals surface area contributed by atoms with Crippen molar-refractivity contribution in [1.29, 1.82) is 0 Å². The van der Waals surface area contributed by atoms with Gasteiger partial charge in [0.1, 0.15) is 6.23 Å². The summed E-state index contributed by atoms with van der Waals surface area (Å²) in [4.78, 5) is 27.4. The van der Waals surface area contributed by atoms with Gasteiger partial charge in [-0.3, -0.25) is 14.3 Å². The molecule has 1 aliphatic rings. The topological polar surface area (TPSA) is 94.6 Å². The molecule has 5 aromatic rings. The summed E-state index contributed by atoms with van der Waals surface area (Å²) >= 11 is 0. The van der Waals surface area contributed by atoms with E-state index in [1.165, 1.54) is 27.2 Å². The van der Waals surface area contributed by atoms with Crippen molar-refractivity contribution in [3.63, 3.8) is 0 Å². The Morgan fingerprint density at radius 1 is 0.686 bits per heavy atom. The van der Waals surface area contributed by atoms with Crippen LogP contribution in [0.15, 0.2) is 143 Å². The zero-order valence-corrected chi connectivity index (χ0v) is 32.3. The van der Waals surface area contributed by atoms with Crippen molar-refractivity contribution in [1.82, 2.24) is 15.0 Å². The maximum absolute atomic E-state index is 13.0. The highest BCUT2D eigenvalue weighted by Crippen LogP contribution is 2.39. The highest BCUT2D eigenvalue weighted by atomic mass is 28.4. The molecule has 2 N–H and O–H groups in total. The van der Waals surface area contributed by atoms with Gasteiger partial charge >= 0.3 is 5.69 Å². The molecule has 2 heterocycles. The van der Waals surface area contributed by atoms with Gasteiger partial charge in [-0.1, -0.05) is 163 Å². The second-order valence-electron chi connectivity index (χ2n) is 15.3. The minimum Gasteiger partial charge on any atom is -0.405 e. The van der Waals surface area contributed by atoms with Crippen LogP contribution in [0.4, 0.5) is 0 Å². The molecule has 0 amide bonds. The number of benzene rings is 4. The molecule has 4 aromatic carbocycles. The van der Waals surface area contributed by atoms with E-state index in [1.807, 2.05) is 24.3 Å². The monoisotopic (exact) mass is 719 g/mol. The lowest BCUT2D eigenvalue weighted by atomic mass is 10.1. The number of aromatic nitrogens is 2. The Labute approximate surface area is 302 Å². The van der Waals surface area contributed by atoms with Gasteiger partial charge in [-0.05, 0) is 30.8 Å². The summed E-state index contributed by atoms with van der Waals surface area (Å²) in [7, 11) is -5.89. The lowest BCUT2D eigenvalue weighted by molar-refractivity contribution is -0.0332. The van der Waals surface area contributed by atoms with Crippen molar-refractivity contribution in [2.75, 3.05) is 6.61 Å². The number of H-pyrrole nitrogens is 1. The Bertz CT molecular complexity index is 1800. The summed E-state index contributed by atoms with van der Waals surface area (Å²) < 4.78 is 22.7. The third kappa shape index (κ3) is 7.17. The summed E-state index contributed by atoms with van der Waals surface area (Å²) in [6, 6.07) is 43.0. The molecule has 51 heavy (non-hydrogen) atoms. The van der Waals surface area contributed by atoms with Crippen LogP contribution in [0.2, 0.25) is 10.1 Å². The number of hydroxylamine groups is 1. The van der Waals surface area contributed by atoms with Gasteiger partial charge in [0, 0.05) is 18.7 Å². The van der Waals surface area contributed by atoms with E-state index < -0.39 is 40.2 Å². The quantitative estimate of drug-likeness (QED) is 0.150. The van der Waals surface area contributed by atoms with Crippen LogP contribution in [-0.2, 0) is 13.7 Å². The van der Waals surface area contributed by atoms with Crippen LogP contribution in [0.25, 0.3) is 0 Å². The van der Waals surface area contributed by atoms with E-state index in [-0.39, 0.29) is 22.7 Å². The molecule has 1 aliphatic heterocycles. The Morgan fingerprint density at radius 2 is 1.12 bits per heavy atom. The van der Waals surface area contributed by atoms with E-state index in [4.69, 9.17) is 13.7 Å². The lowest BCUT2D eigenvalue weighted by Gasteiger charge is -2.44. The van der Waals surface area contributed by atoms with Crippen LogP contribution in [0.1, 0.15) is 54.2 Å². The highest BCUT2D eigenvalue weighted by Gasteiger charge is 2.54. The fourth-order valence-electron chi connectivity index (χ4n) is 7.62. The largest absolute Gasteiger partial charge is 0.405 e. The molecule has 0 bridgehead atoms. The molecule has 0 radical (unpaired) electrons. The van der Waals surface area contributed by atoms with E-state index in [0.717, 1.165) is 10.4 Å². The van der Waals surface area contributed by atoms with Gasteiger partial charge in [-0.2, -0.15) is 0 Å². The smallest absolute Gasteiger partial charge is 0.330 e. The van der Waals surface area contributed by atoms with Crippen molar-refractivity contribution >= 4 is 37.4 Å². The van der Waals surface area contributed by atoms with Gasteiger partial charge in [-0.25, -0.2) is 10.3 Å². The number of hydrogen-bond donors (Lipinski definition) is 2. The van der Waals surface area contributed by atoms with Crippen LogP contribution < -0.4 is 37.5 Å². The number of ether oxygens (including phenoxy) is 1. The number of rotatable bonds is 11. The Hall–Kier alpha value is -4.17. The molecule has 0 saturated carbocycles. The van der Waals surface area contributed by atoms with Gasteiger partial charge in [0.15, 0.2) is 0 Å². The second-order valence-corrected chi connectivity index (χ2v) is 23.9. The number of nitrogens with one attached hydrogen (secondary N) is 2. The maximum Gasteiger partial charge on any atom is 0.330 e. The lowest BCUT2D eigenvalue weighted by Crippen LogP contribution is -2.69. The van der Waals surface area contributed by atoms with Gasteiger partial charge in [0.05, 0.1) is 18.8 Å². The molecule has 3 atom stereocenters. The summed E-state index contributed by atoms with van der Waals surface area (Å²) in [5, 5.41) is 4.12. The van der Waals surface area contributed by atoms with Gasteiger partial charge < -0.3 is 13.7 Å². The van der Waals surface area contributed by atoms with E-state index in [9.17, 15) is 9.59 Å². The van der Waals surface area contributed by atoms with Crippen molar-refractivity contribution in [3.8, 4) is 0 Å². The SMILES string of the molecule is CC(C)(C)[Si](OC[C@H]1O[C@@H](n2ccc(=O)[nH]c2=O)C[C@@H]1NO[Si](c1ccccc1)(c1ccccc1)C(C)(C)C)(c1ccccc1)c1ccccc1. The number of nitrogens with zero attached hydrogens (tertiary/aromatic N) is 1. The molecular weight excluding hydrogens is 671 g/mol. The highest BCUT2D eigenvalue weighted by molar-refractivity contribution is 7.00. The standard InChI is InChI=1S/C41H49N3O5Si2/c1-40(2,3)50(31-19-11-7-12-20-31,32-21-13-8-14-22-32)47-30-36-35(29-38(48-36)44-28-27-37(45)42-39(44)46)43-49-51(41(4,5)6,33-23-15-9-16-24-33)34-25-17-10-18-26-34/h7-28,35-36,38,43H,29-30H2,1-6H3,(H,42,45,46)/t35-,36+,38+/m0/s1. The Balaban J connectivity index is 1.41. The average molecular weight is 720 g/mol.